The first-order chi connectivity index (χ1) is 15.2. The van der Waals surface area contributed by atoms with Crippen molar-refractivity contribution in [1.29, 1.82) is 0 Å². The summed E-state index contributed by atoms with van der Waals surface area (Å²) in [5.74, 6) is -0.129. The summed E-state index contributed by atoms with van der Waals surface area (Å²) >= 11 is 0.774. The van der Waals surface area contributed by atoms with Crippen LogP contribution in [0.25, 0.3) is 17.1 Å². The average Bonchev–Trinajstić information content (AvgIpc) is 3.18. The number of pyridine rings is 1. The van der Waals surface area contributed by atoms with Crippen LogP contribution in [0.15, 0.2) is 77.0 Å². The van der Waals surface area contributed by atoms with Gasteiger partial charge in [-0.05, 0) is 60.3 Å². The molecule has 0 bridgehead atoms. The maximum atomic E-state index is 13.5. The lowest BCUT2D eigenvalue weighted by Crippen LogP contribution is -2.06. The van der Waals surface area contributed by atoms with Crippen LogP contribution in [0, 0.1) is 15.9 Å². The number of alkyl halides is 3. The molecule has 4 rings (SSSR count). The van der Waals surface area contributed by atoms with Gasteiger partial charge in [-0.1, -0.05) is 0 Å². The van der Waals surface area contributed by atoms with Gasteiger partial charge in [0.1, 0.15) is 5.82 Å². The van der Waals surface area contributed by atoms with E-state index >= 15 is 0 Å². The lowest BCUT2D eigenvalue weighted by atomic mass is 10.2. The van der Waals surface area contributed by atoms with Crippen LogP contribution in [0.3, 0.4) is 0 Å². The molecule has 0 aliphatic carbocycles. The molecular formula is C20H11F4N5O2S. The highest BCUT2D eigenvalue weighted by molar-refractivity contribution is 7.99. The Bertz CT molecular complexity index is 1280. The molecule has 2 heterocycles. The molecule has 0 unspecified atom stereocenters. The van der Waals surface area contributed by atoms with Crippen molar-refractivity contribution in [3.8, 4) is 17.1 Å². The molecule has 0 aliphatic heterocycles. The molecule has 0 radical (unpaired) electrons. The number of hydrogen-bond donors (Lipinski definition) is 0. The Morgan fingerprint density at radius 2 is 1.66 bits per heavy atom. The van der Waals surface area contributed by atoms with Crippen molar-refractivity contribution >= 4 is 17.4 Å². The van der Waals surface area contributed by atoms with Crippen LogP contribution < -0.4 is 0 Å². The lowest BCUT2D eigenvalue weighted by Gasteiger charge is -2.11. The Hall–Kier alpha value is -3.80. The maximum Gasteiger partial charge on any atom is 0.416 e. The Labute approximate surface area is 181 Å². The van der Waals surface area contributed by atoms with Crippen molar-refractivity contribution in [3.05, 3.63) is 88.5 Å². The standard InChI is InChI=1S/C20H11F4N5O2S/c21-14-2-4-15(5-3-14)28-18(12-7-9-25-10-8-12)26-27-19(28)32-17-6-1-13(20(22,23)24)11-16(17)29(30)31/h1-11H. The zero-order valence-electron chi connectivity index (χ0n) is 15.8. The molecule has 0 fully saturated rings. The van der Waals surface area contributed by atoms with E-state index in [-0.39, 0.29) is 10.1 Å². The Morgan fingerprint density at radius 3 is 2.28 bits per heavy atom. The van der Waals surface area contributed by atoms with Crippen LogP contribution in [0.4, 0.5) is 23.2 Å². The van der Waals surface area contributed by atoms with Crippen LogP contribution in [-0.2, 0) is 6.18 Å². The molecular weight excluding hydrogens is 450 g/mol. The largest absolute Gasteiger partial charge is 0.416 e. The summed E-state index contributed by atoms with van der Waals surface area (Å²) < 4.78 is 54.0. The summed E-state index contributed by atoms with van der Waals surface area (Å²) in [7, 11) is 0. The van der Waals surface area contributed by atoms with E-state index in [1.54, 1.807) is 12.1 Å². The van der Waals surface area contributed by atoms with Crippen LogP contribution in [0.5, 0.6) is 0 Å². The van der Waals surface area contributed by atoms with Crippen molar-refractivity contribution in [2.24, 2.45) is 0 Å². The number of halogens is 4. The second-order valence-corrected chi connectivity index (χ2v) is 7.40. The van der Waals surface area contributed by atoms with Gasteiger partial charge >= 0.3 is 6.18 Å². The van der Waals surface area contributed by atoms with E-state index in [1.165, 1.54) is 41.2 Å². The highest BCUT2D eigenvalue weighted by atomic mass is 32.2. The van der Waals surface area contributed by atoms with Crippen LogP contribution in [0.2, 0.25) is 0 Å². The summed E-state index contributed by atoms with van der Waals surface area (Å²) in [6, 6.07) is 11.0. The third-order valence-electron chi connectivity index (χ3n) is 4.34. The van der Waals surface area contributed by atoms with Gasteiger partial charge in [-0.25, -0.2) is 4.39 Å². The summed E-state index contributed by atoms with van der Waals surface area (Å²) in [6.07, 6.45) is -1.66. The van der Waals surface area contributed by atoms with Gasteiger partial charge in [-0.15, -0.1) is 10.2 Å². The Kier molecular flexibility index (Phi) is 5.61. The van der Waals surface area contributed by atoms with Gasteiger partial charge in [0.2, 0.25) is 5.16 Å². The van der Waals surface area contributed by atoms with Gasteiger partial charge < -0.3 is 0 Å². The van der Waals surface area contributed by atoms with Gasteiger partial charge in [0, 0.05) is 29.7 Å². The third-order valence-corrected chi connectivity index (χ3v) is 5.35. The summed E-state index contributed by atoms with van der Waals surface area (Å²) in [6.45, 7) is 0. The van der Waals surface area contributed by atoms with Crippen LogP contribution >= 0.6 is 11.8 Å². The molecule has 12 heteroatoms. The smallest absolute Gasteiger partial charge is 0.270 e. The molecule has 0 aliphatic rings. The Morgan fingerprint density at radius 1 is 0.969 bits per heavy atom. The first-order valence-electron chi connectivity index (χ1n) is 8.89. The van der Waals surface area contributed by atoms with Gasteiger partial charge in [0.05, 0.1) is 15.4 Å². The van der Waals surface area contributed by atoms with Gasteiger partial charge in [-0.3, -0.25) is 19.7 Å². The average molecular weight is 461 g/mol. The molecule has 0 amide bonds. The molecule has 0 N–H and O–H groups in total. The maximum absolute atomic E-state index is 13.5. The van der Waals surface area contributed by atoms with E-state index in [0.717, 1.165) is 23.9 Å². The molecule has 0 saturated carbocycles. The lowest BCUT2D eigenvalue weighted by molar-refractivity contribution is -0.388. The van der Waals surface area contributed by atoms with Crippen LogP contribution in [-0.4, -0.2) is 24.7 Å². The van der Waals surface area contributed by atoms with E-state index in [0.29, 0.717) is 23.1 Å². The molecule has 32 heavy (non-hydrogen) atoms. The van der Waals surface area contributed by atoms with E-state index in [1.807, 2.05) is 0 Å². The molecule has 162 valence electrons. The topological polar surface area (TPSA) is 86.7 Å². The summed E-state index contributed by atoms with van der Waals surface area (Å²) in [5, 5.41) is 19.8. The number of aromatic nitrogens is 4. The summed E-state index contributed by atoms with van der Waals surface area (Å²) in [4.78, 5) is 14.4. The van der Waals surface area contributed by atoms with Crippen molar-refractivity contribution in [2.45, 2.75) is 16.2 Å². The third kappa shape index (κ3) is 4.30. The molecule has 0 atom stereocenters. The van der Waals surface area contributed by atoms with Crippen molar-refractivity contribution < 1.29 is 22.5 Å². The van der Waals surface area contributed by atoms with Crippen molar-refractivity contribution in [2.75, 3.05) is 0 Å². The zero-order chi connectivity index (χ0) is 22.9. The molecule has 4 aromatic rings. The second kappa shape index (κ2) is 8.38. The van der Waals surface area contributed by atoms with E-state index in [9.17, 15) is 27.7 Å². The normalized spacial score (nSPS) is 11.5. The quantitative estimate of drug-likeness (QED) is 0.220. The highest BCUT2D eigenvalue weighted by Crippen LogP contribution is 2.40. The molecule has 7 nitrogen and oxygen atoms in total. The van der Waals surface area contributed by atoms with E-state index in [2.05, 4.69) is 15.2 Å². The SMILES string of the molecule is O=[N+]([O-])c1cc(C(F)(F)F)ccc1Sc1nnc(-c2ccncc2)n1-c1ccc(F)cc1. The molecule has 2 aromatic carbocycles. The minimum atomic E-state index is -4.73. The first kappa shape index (κ1) is 21.4. The fourth-order valence-corrected chi connectivity index (χ4v) is 3.80. The predicted molar refractivity (Wildman–Crippen MR) is 107 cm³/mol. The summed E-state index contributed by atoms with van der Waals surface area (Å²) in [5.41, 5.74) is -0.777. The van der Waals surface area contributed by atoms with Crippen LogP contribution in [0.1, 0.15) is 5.56 Å². The molecule has 2 aromatic heterocycles. The zero-order valence-corrected chi connectivity index (χ0v) is 16.6. The van der Waals surface area contributed by atoms with E-state index in [4.69, 9.17) is 0 Å². The first-order valence-corrected chi connectivity index (χ1v) is 9.71. The van der Waals surface area contributed by atoms with Crippen molar-refractivity contribution in [1.82, 2.24) is 19.7 Å². The van der Waals surface area contributed by atoms with Gasteiger partial charge in [0.25, 0.3) is 5.69 Å². The number of nitro benzene ring substituents is 1. The Balaban J connectivity index is 1.84. The van der Waals surface area contributed by atoms with Gasteiger partial charge in [-0.2, -0.15) is 13.2 Å². The van der Waals surface area contributed by atoms with Crippen molar-refractivity contribution in [3.63, 3.8) is 0 Å². The fraction of sp³-hybridized carbons (Fsp3) is 0.0500. The molecule has 0 spiro atoms. The fourth-order valence-electron chi connectivity index (χ4n) is 2.87. The minimum Gasteiger partial charge on any atom is -0.270 e. The molecule has 0 saturated heterocycles. The van der Waals surface area contributed by atoms with E-state index < -0.39 is 28.2 Å². The minimum absolute atomic E-state index is 0.0555. The monoisotopic (exact) mass is 461 g/mol. The predicted octanol–water partition coefficient (Wildman–Crippen LogP) is 5.55. The number of nitrogens with zero attached hydrogens (tertiary/aromatic N) is 5. The highest BCUT2D eigenvalue weighted by Gasteiger charge is 2.33. The number of benzene rings is 2. The second-order valence-electron chi connectivity index (χ2n) is 6.39. The number of nitro groups is 1. The number of hydrogen-bond acceptors (Lipinski definition) is 6. The van der Waals surface area contributed by atoms with Gasteiger partial charge in [0.15, 0.2) is 5.82 Å². The number of rotatable bonds is 5.